The van der Waals surface area contributed by atoms with Crippen molar-refractivity contribution >= 4 is 11.7 Å². The first-order valence-electron chi connectivity index (χ1n) is 5.56. The van der Waals surface area contributed by atoms with Gasteiger partial charge in [0.05, 0.1) is 18.3 Å². The van der Waals surface area contributed by atoms with Crippen LogP contribution in [0, 0.1) is 12.7 Å². The second-order valence-electron chi connectivity index (χ2n) is 4.14. The number of carbonyl (C=O) groups excluding carboxylic acids is 1. The Morgan fingerprint density at radius 1 is 1.53 bits per heavy atom. The predicted molar refractivity (Wildman–Crippen MR) is 62.5 cm³/mol. The maximum atomic E-state index is 13.5. The van der Waals surface area contributed by atoms with E-state index >= 15 is 0 Å². The normalized spacial score (nSPS) is 19.1. The van der Waals surface area contributed by atoms with E-state index in [1.54, 1.807) is 19.1 Å². The fraction of sp³-hybridized carbons (Fsp3) is 0.417. The number of benzene rings is 1. The highest BCUT2D eigenvalue weighted by Crippen LogP contribution is 2.15. The van der Waals surface area contributed by atoms with Crippen molar-refractivity contribution in [3.8, 4) is 0 Å². The molecule has 0 spiro atoms. The Hall–Kier alpha value is -1.62. The van der Waals surface area contributed by atoms with Crippen molar-refractivity contribution in [1.82, 2.24) is 5.32 Å². The van der Waals surface area contributed by atoms with Crippen LogP contribution in [0.15, 0.2) is 18.2 Å². The molecule has 1 aromatic carbocycles. The highest BCUT2D eigenvalue weighted by molar-refractivity contribution is 5.89. The largest absolute Gasteiger partial charge is 0.379 e. The van der Waals surface area contributed by atoms with Gasteiger partial charge in [-0.3, -0.25) is 0 Å². The van der Waals surface area contributed by atoms with Gasteiger partial charge in [0.1, 0.15) is 5.82 Å². The molecule has 0 saturated carbocycles. The van der Waals surface area contributed by atoms with E-state index in [1.165, 1.54) is 6.07 Å². The average Bonchev–Trinajstić information content (AvgIpc) is 2.75. The summed E-state index contributed by atoms with van der Waals surface area (Å²) >= 11 is 0. The van der Waals surface area contributed by atoms with Crippen molar-refractivity contribution < 1.29 is 13.9 Å². The number of hydrogen-bond acceptors (Lipinski definition) is 2. The van der Waals surface area contributed by atoms with Gasteiger partial charge in [0, 0.05) is 6.61 Å². The fourth-order valence-electron chi connectivity index (χ4n) is 1.71. The van der Waals surface area contributed by atoms with Gasteiger partial charge in [0.2, 0.25) is 0 Å². The van der Waals surface area contributed by atoms with Gasteiger partial charge in [-0.1, -0.05) is 6.07 Å². The van der Waals surface area contributed by atoms with Crippen molar-refractivity contribution in [1.29, 1.82) is 0 Å². The molecule has 0 aromatic heterocycles. The summed E-state index contributed by atoms with van der Waals surface area (Å²) in [7, 11) is 0. The molecule has 1 unspecified atom stereocenters. The molecule has 1 aliphatic rings. The molecule has 1 atom stereocenters. The Balaban J connectivity index is 1.93. The van der Waals surface area contributed by atoms with Crippen molar-refractivity contribution in [3.63, 3.8) is 0 Å². The zero-order valence-corrected chi connectivity index (χ0v) is 9.63. The van der Waals surface area contributed by atoms with Crippen LogP contribution in [0.1, 0.15) is 12.0 Å². The summed E-state index contributed by atoms with van der Waals surface area (Å²) in [5.41, 5.74) is 1.00. The molecule has 0 radical (unpaired) electrons. The van der Waals surface area contributed by atoms with Crippen molar-refractivity contribution in [2.75, 3.05) is 18.5 Å². The molecule has 0 bridgehead atoms. The Bertz CT molecular complexity index is 417. The predicted octanol–water partition coefficient (Wildman–Crippen LogP) is 2.04. The number of nitrogens with one attached hydrogen (secondary N) is 2. The molecule has 1 saturated heterocycles. The third-order valence-corrected chi connectivity index (χ3v) is 2.64. The Morgan fingerprint density at radius 3 is 3.00 bits per heavy atom. The van der Waals surface area contributed by atoms with Gasteiger partial charge >= 0.3 is 6.03 Å². The van der Waals surface area contributed by atoms with Crippen molar-refractivity contribution in [3.05, 3.63) is 29.6 Å². The quantitative estimate of drug-likeness (QED) is 0.828. The summed E-state index contributed by atoms with van der Waals surface area (Å²) in [4.78, 5) is 11.6. The van der Waals surface area contributed by atoms with E-state index in [4.69, 9.17) is 4.74 Å². The van der Waals surface area contributed by atoms with E-state index in [9.17, 15) is 9.18 Å². The minimum absolute atomic E-state index is 0.0171. The molecule has 2 rings (SSSR count). The molecule has 1 heterocycles. The lowest BCUT2D eigenvalue weighted by Gasteiger charge is -2.12. The molecule has 5 heteroatoms. The van der Waals surface area contributed by atoms with Gasteiger partial charge in [-0.25, -0.2) is 9.18 Å². The van der Waals surface area contributed by atoms with E-state index in [0.29, 0.717) is 13.2 Å². The van der Waals surface area contributed by atoms with Crippen LogP contribution >= 0.6 is 0 Å². The molecule has 92 valence electrons. The lowest BCUT2D eigenvalue weighted by Crippen LogP contribution is -2.38. The highest BCUT2D eigenvalue weighted by atomic mass is 19.1. The van der Waals surface area contributed by atoms with Crippen LogP contribution in [0.25, 0.3) is 0 Å². The highest BCUT2D eigenvalue weighted by Gasteiger charge is 2.18. The number of hydrogen-bond donors (Lipinski definition) is 2. The van der Waals surface area contributed by atoms with E-state index in [-0.39, 0.29) is 11.7 Å². The van der Waals surface area contributed by atoms with Crippen LogP contribution in [0.3, 0.4) is 0 Å². The first-order chi connectivity index (χ1) is 8.15. The van der Waals surface area contributed by atoms with Crippen LogP contribution in [-0.2, 0) is 4.74 Å². The third kappa shape index (κ3) is 3.17. The van der Waals surface area contributed by atoms with E-state index in [1.807, 2.05) is 0 Å². The summed E-state index contributed by atoms with van der Waals surface area (Å²) in [6.45, 7) is 2.97. The van der Waals surface area contributed by atoms with Crippen LogP contribution in [-0.4, -0.2) is 25.3 Å². The zero-order chi connectivity index (χ0) is 12.3. The van der Waals surface area contributed by atoms with Crippen molar-refractivity contribution in [2.24, 2.45) is 0 Å². The summed E-state index contributed by atoms with van der Waals surface area (Å²) in [5.74, 6) is -0.428. The van der Waals surface area contributed by atoms with Crippen LogP contribution in [0.2, 0.25) is 0 Å². The number of carbonyl (C=O) groups is 1. The number of anilines is 1. The van der Waals surface area contributed by atoms with E-state index in [0.717, 1.165) is 12.0 Å². The lowest BCUT2D eigenvalue weighted by atomic mass is 10.2. The summed E-state index contributed by atoms with van der Waals surface area (Å²) in [5, 5.41) is 5.21. The Morgan fingerprint density at radius 2 is 2.35 bits per heavy atom. The Kier molecular flexibility index (Phi) is 3.58. The molecule has 1 aliphatic heterocycles. The van der Waals surface area contributed by atoms with Gasteiger partial charge in [0.25, 0.3) is 0 Å². The van der Waals surface area contributed by atoms with Crippen LogP contribution in [0.5, 0.6) is 0 Å². The number of aryl methyl sites for hydroxylation is 1. The third-order valence-electron chi connectivity index (χ3n) is 2.64. The first kappa shape index (κ1) is 11.9. The Labute approximate surface area is 99.2 Å². The fourth-order valence-corrected chi connectivity index (χ4v) is 1.71. The van der Waals surface area contributed by atoms with Gasteiger partial charge < -0.3 is 15.4 Å². The molecule has 1 fully saturated rings. The topological polar surface area (TPSA) is 50.4 Å². The van der Waals surface area contributed by atoms with Gasteiger partial charge in [-0.15, -0.1) is 0 Å². The van der Waals surface area contributed by atoms with E-state index in [2.05, 4.69) is 10.6 Å². The maximum absolute atomic E-state index is 13.5. The molecular weight excluding hydrogens is 223 g/mol. The molecule has 1 aromatic rings. The minimum atomic E-state index is -0.428. The van der Waals surface area contributed by atoms with Crippen molar-refractivity contribution in [2.45, 2.75) is 19.4 Å². The second kappa shape index (κ2) is 5.14. The molecule has 2 N–H and O–H groups in total. The standard InChI is InChI=1S/C12H15FN2O2/c1-8-2-3-11(10(13)6-8)15-12(16)14-9-4-5-17-7-9/h2-3,6,9H,4-5,7H2,1H3,(H2,14,15,16). The first-order valence-corrected chi connectivity index (χ1v) is 5.56. The minimum Gasteiger partial charge on any atom is -0.379 e. The molecular formula is C12H15FN2O2. The number of halogens is 1. The summed E-state index contributed by atoms with van der Waals surface area (Å²) in [6.07, 6.45) is 0.795. The molecule has 17 heavy (non-hydrogen) atoms. The number of amides is 2. The summed E-state index contributed by atoms with van der Waals surface area (Å²) in [6, 6.07) is 4.30. The van der Waals surface area contributed by atoms with Gasteiger partial charge in [-0.2, -0.15) is 0 Å². The lowest BCUT2D eigenvalue weighted by molar-refractivity contribution is 0.189. The maximum Gasteiger partial charge on any atom is 0.319 e. The van der Waals surface area contributed by atoms with E-state index < -0.39 is 11.8 Å². The van der Waals surface area contributed by atoms with Gasteiger partial charge in [0.15, 0.2) is 0 Å². The van der Waals surface area contributed by atoms with Gasteiger partial charge in [-0.05, 0) is 31.0 Å². The van der Waals surface area contributed by atoms with Crippen LogP contribution in [0.4, 0.5) is 14.9 Å². The second-order valence-corrected chi connectivity index (χ2v) is 4.14. The smallest absolute Gasteiger partial charge is 0.319 e. The number of rotatable bonds is 2. The monoisotopic (exact) mass is 238 g/mol. The SMILES string of the molecule is Cc1ccc(NC(=O)NC2CCOC2)c(F)c1. The number of ether oxygens (including phenoxy) is 1. The van der Waals surface area contributed by atoms with Crippen LogP contribution < -0.4 is 10.6 Å². The summed E-state index contributed by atoms with van der Waals surface area (Å²) < 4.78 is 18.6. The molecule has 2 amide bonds. The molecule has 0 aliphatic carbocycles. The average molecular weight is 238 g/mol. The molecule has 4 nitrogen and oxygen atoms in total. The number of urea groups is 1. The zero-order valence-electron chi connectivity index (χ0n) is 9.63.